The summed E-state index contributed by atoms with van der Waals surface area (Å²) in [6.07, 6.45) is 0.421. The van der Waals surface area contributed by atoms with E-state index in [0.717, 1.165) is 11.3 Å². The summed E-state index contributed by atoms with van der Waals surface area (Å²) >= 11 is 0. The van der Waals surface area contributed by atoms with E-state index in [1.165, 1.54) is 6.07 Å². The predicted octanol–water partition coefficient (Wildman–Crippen LogP) is 3.51. The third kappa shape index (κ3) is 2.89. The Hall–Kier alpha value is -1.97. The average molecular weight is 261 g/mol. The van der Waals surface area contributed by atoms with Crippen LogP contribution in [0.15, 0.2) is 24.3 Å². The molecule has 0 saturated carbocycles. The lowest BCUT2D eigenvalue weighted by Crippen LogP contribution is -2.02. The first-order valence-electron chi connectivity index (χ1n) is 6.29. The molecule has 3 nitrogen and oxygen atoms in total. The average Bonchev–Trinajstić information content (AvgIpc) is 2.36. The van der Waals surface area contributed by atoms with Crippen LogP contribution in [0.25, 0.3) is 10.9 Å². The summed E-state index contributed by atoms with van der Waals surface area (Å²) in [5.74, 6) is -1.04. The maximum absolute atomic E-state index is 13.8. The van der Waals surface area contributed by atoms with Gasteiger partial charge in [-0.2, -0.15) is 0 Å². The summed E-state index contributed by atoms with van der Waals surface area (Å²) in [5.41, 5.74) is 1.96. The highest BCUT2D eigenvalue weighted by atomic mass is 19.1. The molecule has 0 atom stereocenters. The molecule has 1 aromatic carbocycles. The van der Waals surface area contributed by atoms with E-state index in [2.05, 4.69) is 4.98 Å². The van der Waals surface area contributed by atoms with Crippen LogP contribution in [-0.4, -0.2) is 16.1 Å². The number of carbonyl (C=O) groups is 1. The number of nitrogens with zero attached hydrogens (tertiary/aromatic N) is 1. The number of fused-ring (bicyclic) bond motifs is 1. The fourth-order valence-corrected chi connectivity index (χ4v) is 2.05. The van der Waals surface area contributed by atoms with Gasteiger partial charge in [-0.3, -0.25) is 4.79 Å². The van der Waals surface area contributed by atoms with Crippen molar-refractivity contribution in [3.05, 3.63) is 41.3 Å². The Morgan fingerprint density at radius 3 is 2.79 bits per heavy atom. The van der Waals surface area contributed by atoms with Crippen LogP contribution in [0.5, 0.6) is 0 Å². The van der Waals surface area contributed by atoms with Crippen molar-refractivity contribution in [3.63, 3.8) is 0 Å². The van der Waals surface area contributed by atoms with Gasteiger partial charge in [0.1, 0.15) is 11.3 Å². The van der Waals surface area contributed by atoms with E-state index in [0.29, 0.717) is 17.3 Å². The molecule has 1 aromatic heterocycles. The number of aliphatic carboxylic acids is 1. The first kappa shape index (κ1) is 13.5. The van der Waals surface area contributed by atoms with E-state index >= 15 is 0 Å². The normalized spacial score (nSPS) is 11.2. The Balaban J connectivity index is 2.58. The number of hydrogen-bond donors (Lipinski definition) is 1. The number of aromatic nitrogens is 1. The second-order valence-corrected chi connectivity index (χ2v) is 4.89. The van der Waals surface area contributed by atoms with Crippen LogP contribution in [0.2, 0.25) is 0 Å². The smallest absolute Gasteiger partial charge is 0.303 e. The van der Waals surface area contributed by atoms with E-state index in [1.807, 2.05) is 19.9 Å². The van der Waals surface area contributed by atoms with Gasteiger partial charge in [0.2, 0.25) is 0 Å². The molecule has 0 bridgehead atoms. The molecule has 100 valence electrons. The molecule has 0 spiro atoms. The number of pyridine rings is 1. The van der Waals surface area contributed by atoms with Gasteiger partial charge in [0.25, 0.3) is 0 Å². The second-order valence-electron chi connectivity index (χ2n) is 4.89. The number of rotatable bonds is 4. The molecule has 2 aromatic rings. The van der Waals surface area contributed by atoms with Gasteiger partial charge in [0.15, 0.2) is 0 Å². The number of carboxylic acids is 1. The lowest BCUT2D eigenvalue weighted by molar-refractivity contribution is -0.136. The van der Waals surface area contributed by atoms with Crippen LogP contribution in [0.1, 0.15) is 37.4 Å². The first-order valence-corrected chi connectivity index (χ1v) is 6.29. The fraction of sp³-hybridized carbons (Fsp3) is 0.333. The molecule has 0 aliphatic carbocycles. The summed E-state index contributed by atoms with van der Waals surface area (Å²) < 4.78 is 13.8. The lowest BCUT2D eigenvalue weighted by atomic mass is 9.99. The molecule has 1 heterocycles. The topological polar surface area (TPSA) is 50.2 Å². The fourth-order valence-electron chi connectivity index (χ4n) is 2.05. The number of aryl methyl sites for hydroxylation is 1. The third-order valence-electron chi connectivity index (χ3n) is 3.10. The van der Waals surface area contributed by atoms with E-state index in [9.17, 15) is 9.18 Å². The van der Waals surface area contributed by atoms with Crippen LogP contribution in [0.4, 0.5) is 4.39 Å². The van der Waals surface area contributed by atoms with Gasteiger partial charge < -0.3 is 5.11 Å². The van der Waals surface area contributed by atoms with Crippen LogP contribution < -0.4 is 0 Å². The van der Waals surface area contributed by atoms with Crippen molar-refractivity contribution in [1.29, 1.82) is 0 Å². The zero-order valence-corrected chi connectivity index (χ0v) is 11.0. The molecule has 19 heavy (non-hydrogen) atoms. The van der Waals surface area contributed by atoms with Gasteiger partial charge in [-0.25, -0.2) is 9.37 Å². The highest BCUT2D eigenvalue weighted by Crippen LogP contribution is 2.25. The van der Waals surface area contributed by atoms with Gasteiger partial charge in [-0.1, -0.05) is 26.0 Å². The predicted molar refractivity (Wildman–Crippen MR) is 71.7 cm³/mol. The number of hydrogen-bond acceptors (Lipinski definition) is 2. The molecule has 0 radical (unpaired) electrons. The van der Waals surface area contributed by atoms with Gasteiger partial charge in [-0.05, 0) is 30.0 Å². The van der Waals surface area contributed by atoms with Crippen LogP contribution >= 0.6 is 0 Å². The van der Waals surface area contributed by atoms with Crippen molar-refractivity contribution in [1.82, 2.24) is 4.98 Å². The molecule has 0 fully saturated rings. The molecular weight excluding hydrogens is 245 g/mol. The maximum atomic E-state index is 13.8. The van der Waals surface area contributed by atoms with E-state index < -0.39 is 5.97 Å². The Bertz CT molecular complexity index is 623. The van der Waals surface area contributed by atoms with Crippen molar-refractivity contribution in [2.45, 2.75) is 32.6 Å². The molecule has 0 aliphatic rings. The SMILES string of the molecule is CC(C)c1cc(CCC(=O)O)c2cccc(F)c2n1. The van der Waals surface area contributed by atoms with Gasteiger partial charge in [0.05, 0.1) is 0 Å². The molecule has 0 unspecified atom stereocenters. The van der Waals surface area contributed by atoms with E-state index in [1.54, 1.807) is 12.1 Å². The molecule has 0 amide bonds. The number of benzene rings is 1. The Morgan fingerprint density at radius 2 is 2.16 bits per heavy atom. The number of halogens is 1. The highest BCUT2D eigenvalue weighted by Gasteiger charge is 2.12. The van der Waals surface area contributed by atoms with E-state index in [-0.39, 0.29) is 18.2 Å². The summed E-state index contributed by atoms with van der Waals surface area (Å²) in [7, 11) is 0. The minimum absolute atomic E-state index is 0.0349. The molecule has 1 N–H and O–H groups in total. The van der Waals surface area contributed by atoms with Crippen molar-refractivity contribution < 1.29 is 14.3 Å². The van der Waals surface area contributed by atoms with Crippen LogP contribution in [0.3, 0.4) is 0 Å². The summed E-state index contributed by atoms with van der Waals surface area (Å²) in [5, 5.41) is 9.49. The van der Waals surface area contributed by atoms with Gasteiger partial charge in [0, 0.05) is 17.5 Å². The third-order valence-corrected chi connectivity index (χ3v) is 3.10. The molecule has 2 rings (SSSR count). The molecule has 4 heteroatoms. The monoisotopic (exact) mass is 261 g/mol. The van der Waals surface area contributed by atoms with Crippen LogP contribution in [-0.2, 0) is 11.2 Å². The highest BCUT2D eigenvalue weighted by molar-refractivity contribution is 5.83. The zero-order chi connectivity index (χ0) is 14.0. The van der Waals surface area contributed by atoms with Gasteiger partial charge >= 0.3 is 5.97 Å². The van der Waals surface area contributed by atoms with Crippen molar-refractivity contribution in [3.8, 4) is 0 Å². The minimum atomic E-state index is -0.854. The number of carboxylic acid groups (broad SMARTS) is 1. The Labute approximate surface area is 111 Å². The lowest BCUT2D eigenvalue weighted by Gasteiger charge is -2.11. The first-order chi connectivity index (χ1) is 8.99. The largest absolute Gasteiger partial charge is 0.481 e. The Morgan fingerprint density at radius 1 is 1.42 bits per heavy atom. The van der Waals surface area contributed by atoms with E-state index in [4.69, 9.17) is 5.11 Å². The van der Waals surface area contributed by atoms with Crippen molar-refractivity contribution in [2.75, 3.05) is 0 Å². The van der Waals surface area contributed by atoms with Crippen molar-refractivity contribution >= 4 is 16.9 Å². The second kappa shape index (κ2) is 5.34. The van der Waals surface area contributed by atoms with Crippen molar-refractivity contribution in [2.24, 2.45) is 0 Å². The standard InChI is InChI=1S/C15H16FNO2/c1-9(2)13-8-10(6-7-14(18)19)11-4-3-5-12(16)15(11)17-13/h3-5,8-9H,6-7H2,1-2H3,(H,18,19). The molecule has 0 aliphatic heterocycles. The van der Waals surface area contributed by atoms with Crippen LogP contribution in [0, 0.1) is 5.82 Å². The summed E-state index contributed by atoms with van der Waals surface area (Å²) in [4.78, 5) is 15.0. The summed E-state index contributed by atoms with van der Waals surface area (Å²) in [6, 6.07) is 6.67. The van der Waals surface area contributed by atoms with Gasteiger partial charge in [-0.15, -0.1) is 0 Å². The Kier molecular flexibility index (Phi) is 3.79. The number of para-hydroxylation sites is 1. The summed E-state index contributed by atoms with van der Waals surface area (Å²) in [6.45, 7) is 3.96. The maximum Gasteiger partial charge on any atom is 0.303 e. The minimum Gasteiger partial charge on any atom is -0.481 e. The molecular formula is C15H16FNO2. The zero-order valence-electron chi connectivity index (χ0n) is 11.0. The quantitative estimate of drug-likeness (QED) is 0.916. The molecule has 0 saturated heterocycles.